The van der Waals surface area contributed by atoms with Crippen molar-refractivity contribution in [1.82, 2.24) is 9.88 Å². The Balaban J connectivity index is 1.98. The first kappa shape index (κ1) is 21.0. The number of nitrogens with zero attached hydrogens (tertiary/aromatic N) is 2. The van der Waals surface area contributed by atoms with Crippen LogP contribution in [-0.4, -0.2) is 35.9 Å². The predicted molar refractivity (Wildman–Crippen MR) is 117 cm³/mol. The molecule has 1 atom stereocenters. The summed E-state index contributed by atoms with van der Waals surface area (Å²) in [5.41, 5.74) is 3.61. The Kier molecular flexibility index (Phi) is 6.47. The predicted octanol–water partition coefficient (Wildman–Crippen LogP) is 4.16. The van der Waals surface area contributed by atoms with Crippen LogP contribution in [0.1, 0.15) is 33.2 Å². The molecule has 1 unspecified atom stereocenters. The number of carbonyl (C=O) groups is 2. The first-order chi connectivity index (χ1) is 14.4. The van der Waals surface area contributed by atoms with E-state index >= 15 is 0 Å². The number of nitrogens with one attached hydrogen (secondary N) is 1. The second-order valence-electron chi connectivity index (χ2n) is 7.06. The van der Waals surface area contributed by atoms with Crippen LogP contribution >= 0.6 is 0 Å². The monoisotopic (exact) mass is 403 g/mol. The van der Waals surface area contributed by atoms with Gasteiger partial charge >= 0.3 is 0 Å². The van der Waals surface area contributed by atoms with Crippen molar-refractivity contribution in [3.63, 3.8) is 0 Å². The molecule has 3 rings (SSSR count). The molecule has 30 heavy (non-hydrogen) atoms. The van der Waals surface area contributed by atoms with Gasteiger partial charge in [-0.3, -0.25) is 14.6 Å². The topological polar surface area (TPSA) is 71.5 Å². The van der Waals surface area contributed by atoms with Crippen LogP contribution in [0, 0.1) is 13.8 Å². The normalized spacial score (nSPS) is 11.5. The molecule has 2 aromatic carbocycles. The summed E-state index contributed by atoms with van der Waals surface area (Å²) in [6.07, 6.45) is 1.56. The van der Waals surface area contributed by atoms with Gasteiger partial charge in [-0.15, -0.1) is 0 Å². The van der Waals surface area contributed by atoms with E-state index < -0.39 is 6.04 Å². The molecule has 0 aliphatic rings. The molecule has 1 heterocycles. The van der Waals surface area contributed by atoms with E-state index in [2.05, 4.69) is 10.3 Å². The van der Waals surface area contributed by atoms with Crippen LogP contribution in [0.3, 0.4) is 0 Å². The lowest BCUT2D eigenvalue weighted by Crippen LogP contribution is -2.39. The summed E-state index contributed by atoms with van der Waals surface area (Å²) in [6.45, 7) is 3.88. The van der Waals surface area contributed by atoms with E-state index in [1.165, 1.54) is 4.90 Å². The van der Waals surface area contributed by atoms with E-state index in [9.17, 15) is 9.59 Å². The van der Waals surface area contributed by atoms with Crippen molar-refractivity contribution in [1.29, 1.82) is 0 Å². The van der Waals surface area contributed by atoms with Crippen molar-refractivity contribution < 1.29 is 14.3 Å². The number of rotatable bonds is 6. The fourth-order valence-electron chi connectivity index (χ4n) is 3.33. The second-order valence-corrected chi connectivity index (χ2v) is 7.06. The quantitative estimate of drug-likeness (QED) is 0.671. The number of anilines is 1. The maximum absolute atomic E-state index is 13.4. The summed E-state index contributed by atoms with van der Waals surface area (Å²) >= 11 is 0. The summed E-state index contributed by atoms with van der Waals surface area (Å²) in [7, 11) is 3.19. The summed E-state index contributed by atoms with van der Waals surface area (Å²) in [4.78, 5) is 32.0. The fraction of sp³-hybridized carbons (Fsp3) is 0.208. The average Bonchev–Trinajstić information content (AvgIpc) is 2.77. The van der Waals surface area contributed by atoms with E-state index in [0.29, 0.717) is 11.3 Å². The van der Waals surface area contributed by atoms with Crippen LogP contribution in [0.4, 0.5) is 5.69 Å². The Hall–Kier alpha value is -3.67. The molecule has 6 nitrogen and oxygen atoms in total. The molecule has 1 N–H and O–H groups in total. The van der Waals surface area contributed by atoms with E-state index in [4.69, 9.17) is 4.74 Å². The lowest BCUT2D eigenvalue weighted by Gasteiger charge is -2.28. The first-order valence-electron chi connectivity index (χ1n) is 9.61. The van der Waals surface area contributed by atoms with Crippen LogP contribution in [-0.2, 0) is 4.79 Å². The number of pyridine rings is 1. The molecule has 0 aliphatic heterocycles. The number of methoxy groups -OCH3 is 1. The number of aryl methyl sites for hydroxylation is 2. The molecule has 0 saturated carbocycles. The number of hydrogen-bond acceptors (Lipinski definition) is 4. The molecular weight excluding hydrogens is 378 g/mol. The number of para-hydroxylation sites is 1. The smallest absolute Gasteiger partial charge is 0.273 e. The molecule has 0 bridgehead atoms. The molecule has 6 heteroatoms. The Morgan fingerprint density at radius 1 is 0.967 bits per heavy atom. The minimum atomic E-state index is -0.843. The van der Waals surface area contributed by atoms with Gasteiger partial charge in [0, 0.05) is 18.9 Å². The molecule has 0 saturated heterocycles. The lowest BCUT2D eigenvalue weighted by molar-refractivity contribution is -0.120. The van der Waals surface area contributed by atoms with Gasteiger partial charge in [-0.25, -0.2) is 0 Å². The lowest BCUT2D eigenvalue weighted by atomic mass is 10.0. The third kappa shape index (κ3) is 4.49. The van der Waals surface area contributed by atoms with E-state index in [1.807, 2.05) is 32.0 Å². The highest BCUT2D eigenvalue weighted by atomic mass is 16.5. The summed E-state index contributed by atoms with van der Waals surface area (Å²) in [5, 5.41) is 3.01. The largest absolute Gasteiger partial charge is 0.497 e. The maximum atomic E-state index is 13.4. The molecule has 2 amide bonds. The van der Waals surface area contributed by atoms with Gasteiger partial charge < -0.3 is 15.0 Å². The van der Waals surface area contributed by atoms with Crippen LogP contribution in [0.5, 0.6) is 5.75 Å². The van der Waals surface area contributed by atoms with E-state index in [0.717, 1.165) is 16.8 Å². The number of amides is 2. The second kappa shape index (κ2) is 9.22. The maximum Gasteiger partial charge on any atom is 0.273 e. The Labute approximate surface area is 176 Å². The minimum absolute atomic E-state index is 0.276. The van der Waals surface area contributed by atoms with Gasteiger partial charge in [-0.2, -0.15) is 0 Å². The zero-order valence-electron chi connectivity index (χ0n) is 17.5. The molecule has 3 aromatic rings. The molecular formula is C24H25N3O3. The van der Waals surface area contributed by atoms with Gasteiger partial charge in [0.25, 0.3) is 11.8 Å². The number of aromatic nitrogens is 1. The number of hydrogen-bond donors (Lipinski definition) is 1. The highest BCUT2D eigenvalue weighted by Gasteiger charge is 2.30. The molecule has 0 fully saturated rings. The van der Waals surface area contributed by atoms with Gasteiger partial charge in [-0.05, 0) is 54.8 Å². The summed E-state index contributed by atoms with van der Waals surface area (Å²) in [6, 6.07) is 17.2. The summed E-state index contributed by atoms with van der Waals surface area (Å²) in [5.74, 6) is 0.0313. The molecule has 0 radical (unpaired) electrons. The van der Waals surface area contributed by atoms with Crippen molar-refractivity contribution >= 4 is 17.5 Å². The fourth-order valence-corrected chi connectivity index (χ4v) is 3.33. The van der Waals surface area contributed by atoms with Crippen LogP contribution in [0.25, 0.3) is 0 Å². The Morgan fingerprint density at radius 2 is 1.63 bits per heavy atom. The van der Waals surface area contributed by atoms with Crippen molar-refractivity contribution in [3.8, 4) is 5.75 Å². The third-order valence-electron chi connectivity index (χ3n) is 5.00. The summed E-state index contributed by atoms with van der Waals surface area (Å²) < 4.78 is 5.22. The zero-order chi connectivity index (χ0) is 21.7. The molecule has 154 valence electrons. The Bertz CT molecular complexity index is 1010. The van der Waals surface area contributed by atoms with E-state index in [-0.39, 0.29) is 17.5 Å². The number of likely N-dealkylation sites (N-methyl/N-ethyl adjacent to an activating group) is 1. The number of benzene rings is 2. The third-order valence-corrected chi connectivity index (χ3v) is 5.00. The Morgan fingerprint density at radius 3 is 2.20 bits per heavy atom. The zero-order valence-corrected chi connectivity index (χ0v) is 17.5. The van der Waals surface area contributed by atoms with Gasteiger partial charge in [0.05, 0.1) is 7.11 Å². The minimum Gasteiger partial charge on any atom is -0.497 e. The van der Waals surface area contributed by atoms with Crippen molar-refractivity contribution in [2.24, 2.45) is 0 Å². The standard InChI is InChI=1S/C24H25N3O3/c1-16-8-7-9-17(2)21(16)26-23(28)22(18-11-13-19(30-4)14-12-18)27(3)24(29)20-10-5-6-15-25-20/h5-15,22H,1-4H3,(H,26,28). The van der Waals surface area contributed by atoms with Crippen molar-refractivity contribution in [3.05, 3.63) is 89.2 Å². The molecule has 1 aromatic heterocycles. The number of carbonyl (C=O) groups excluding carboxylic acids is 2. The van der Waals surface area contributed by atoms with Gasteiger partial charge in [0.2, 0.25) is 0 Å². The first-order valence-corrected chi connectivity index (χ1v) is 9.61. The van der Waals surface area contributed by atoms with Crippen molar-refractivity contribution in [2.75, 3.05) is 19.5 Å². The molecule has 0 aliphatic carbocycles. The molecule has 0 spiro atoms. The number of ether oxygens (including phenoxy) is 1. The van der Waals surface area contributed by atoms with Crippen molar-refractivity contribution in [2.45, 2.75) is 19.9 Å². The van der Waals surface area contributed by atoms with Crippen LogP contribution in [0.2, 0.25) is 0 Å². The highest BCUT2D eigenvalue weighted by Crippen LogP contribution is 2.27. The SMILES string of the molecule is COc1ccc(C(C(=O)Nc2c(C)cccc2C)N(C)C(=O)c2ccccn2)cc1. The van der Waals surface area contributed by atoms with Crippen LogP contribution < -0.4 is 10.1 Å². The van der Waals surface area contributed by atoms with Gasteiger partial charge in [0.15, 0.2) is 0 Å². The highest BCUT2D eigenvalue weighted by molar-refractivity contribution is 6.01. The van der Waals surface area contributed by atoms with Crippen LogP contribution in [0.15, 0.2) is 66.9 Å². The van der Waals surface area contributed by atoms with E-state index in [1.54, 1.807) is 62.8 Å². The van der Waals surface area contributed by atoms with Gasteiger partial charge in [0.1, 0.15) is 17.5 Å². The van der Waals surface area contributed by atoms with Gasteiger partial charge in [-0.1, -0.05) is 36.4 Å². The average molecular weight is 403 g/mol.